The van der Waals surface area contributed by atoms with Crippen LogP contribution in [0.5, 0.6) is 0 Å². The molecular formula is C18H32O4. The molecule has 0 saturated carbocycles. The van der Waals surface area contributed by atoms with Crippen molar-refractivity contribution in [1.82, 2.24) is 0 Å². The molecule has 22 heavy (non-hydrogen) atoms. The quantitative estimate of drug-likeness (QED) is 0.185. The van der Waals surface area contributed by atoms with E-state index in [1.54, 1.807) is 0 Å². The molecule has 0 rings (SSSR count). The lowest BCUT2D eigenvalue weighted by atomic mass is 10.1. The molecule has 0 aromatic heterocycles. The third kappa shape index (κ3) is 13.8. The highest BCUT2D eigenvalue weighted by atomic mass is 17.1. The van der Waals surface area contributed by atoms with Crippen LogP contribution in [0.15, 0.2) is 24.3 Å². The average molecular weight is 312 g/mol. The average Bonchev–Trinajstić information content (AvgIpc) is 2.51. The fourth-order valence-electron chi connectivity index (χ4n) is 2.21. The maximum absolute atomic E-state index is 10.6. The minimum absolute atomic E-state index is 0.370. The van der Waals surface area contributed by atoms with Gasteiger partial charge in [0.05, 0.1) is 0 Å². The minimum Gasteiger partial charge on any atom is -0.479 e. The summed E-state index contributed by atoms with van der Waals surface area (Å²) < 4.78 is 0. The molecule has 0 spiro atoms. The van der Waals surface area contributed by atoms with Gasteiger partial charge in [-0.15, -0.1) is 0 Å². The Morgan fingerprint density at radius 3 is 2.05 bits per heavy atom. The first-order valence-electron chi connectivity index (χ1n) is 8.57. The molecule has 0 aliphatic heterocycles. The molecule has 0 fully saturated rings. The second-order valence-corrected chi connectivity index (χ2v) is 5.63. The van der Waals surface area contributed by atoms with E-state index < -0.39 is 12.1 Å². The van der Waals surface area contributed by atoms with Gasteiger partial charge in [-0.25, -0.2) is 9.68 Å². The van der Waals surface area contributed by atoms with E-state index in [2.05, 4.69) is 36.1 Å². The van der Waals surface area contributed by atoms with Gasteiger partial charge in [-0.1, -0.05) is 69.8 Å². The molecule has 0 radical (unpaired) electrons. The highest BCUT2D eigenvalue weighted by molar-refractivity contribution is 5.72. The summed E-state index contributed by atoms with van der Waals surface area (Å²) in [7, 11) is 0. The van der Waals surface area contributed by atoms with Gasteiger partial charge in [-0.2, -0.15) is 0 Å². The molecule has 0 aliphatic carbocycles. The molecule has 0 heterocycles. The topological polar surface area (TPSA) is 66.8 Å². The Labute approximate surface area is 134 Å². The maximum Gasteiger partial charge on any atom is 0.336 e. The molecular weight excluding hydrogens is 280 g/mol. The molecule has 2 N–H and O–H groups in total. The summed E-state index contributed by atoms with van der Waals surface area (Å²) >= 11 is 0. The van der Waals surface area contributed by atoms with Gasteiger partial charge in [-0.05, 0) is 32.1 Å². The normalized spacial score (nSPS) is 13.2. The number of allylic oxidation sites excluding steroid dienone is 4. The van der Waals surface area contributed by atoms with Gasteiger partial charge in [0.2, 0.25) is 0 Å². The maximum atomic E-state index is 10.6. The van der Waals surface area contributed by atoms with Crippen LogP contribution in [0.25, 0.3) is 0 Å². The number of carbonyl (C=O) groups is 1. The Hall–Kier alpha value is -1.13. The monoisotopic (exact) mass is 312 g/mol. The van der Waals surface area contributed by atoms with E-state index in [4.69, 9.17) is 10.4 Å². The Bertz CT molecular complexity index is 310. The molecule has 0 bridgehead atoms. The number of rotatable bonds is 15. The van der Waals surface area contributed by atoms with Crippen LogP contribution in [-0.4, -0.2) is 22.4 Å². The lowest BCUT2D eigenvalue weighted by Crippen LogP contribution is -2.22. The van der Waals surface area contributed by atoms with Gasteiger partial charge < -0.3 is 5.11 Å². The molecule has 0 saturated heterocycles. The van der Waals surface area contributed by atoms with Crippen molar-refractivity contribution in [3.05, 3.63) is 24.3 Å². The highest BCUT2D eigenvalue weighted by Gasteiger charge is 2.16. The predicted octanol–water partition coefficient (Wildman–Crippen LogP) is 5.35. The zero-order valence-electron chi connectivity index (χ0n) is 13.9. The summed E-state index contributed by atoms with van der Waals surface area (Å²) in [6, 6.07) is 0. The van der Waals surface area contributed by atoms with Crippen LogP contribution in [0.3, 0.4) is 0 Å². The van der Waals surface area contributed by atoms with Crippen LogP contribution in [0.1, 0.15) is 77.6 Å². The number of aliphatic carboxylic acids is 1. The third-order valence-electron chi connectivity index (χ3n) is 3.60. The van der Waals surface area contributed by atoms with E-state index >= 15 is 0 Å². The molecule has 0 aromatic rings. The number of unbranched alkanes of at least 4 members (excludes halogenated alkanes) is 8. The molecule has 128 valence electrons. The van der Waals surface area contributed by atoms with Crippen molar-refractivity contribution in [1.29, 1.82) is 0 Å². The van der Waals surface area contributed by atoms with E-state index in [1.165, 1.54) is 32.1 Å². The van der Waals surface area contributed by atoms with Crippen LogP contribution in [0, 0.1) is 0 Å². The van der Waals surface area contributed by atoms with E-state index in [1.807, 2.05) is 0 Å². The number of carboxylic acid groups (broad SMARTS) is 1. The first-order chi connectivity index (χ1) is 10.7. The Balaban J connectivity index is 3.34. The van der Waals surface area contributed by atoms with Crippen LogP contribution < -0.4 is 0 Å². The summed E-state index contributed by atoms with van der Waals surface area (Å²) in [6.45, 7) is 2.22. The number of hydrogen-bond donors (Lipinski definition) is 2. The predicted molar refractivity (Wildman–Crippen MR) is 89.9 cm³/mol. The fraction of sp³-hybridized carbons (Fsp3) is 0.722. The van der Waals surface area contributed by atoms with Crippen molar-refractivity contribution in [2.24, 2.45) is 0 Å². The van der Waals surface area contributed by atoms with E-state index in [-0.39, 0.29) is 0 Å². The van der Waals surface area contributed by atoms with Crippen LogP contribution in [0.4, 0.5) is 0 Å². The van der Waals surface area contributed by atoms with Crippen molar-refractivity contribution in [2.75, 3.05) is 0 Å². The lowest BCUT2D eigenvalue weighted by molar-refractivity contribution is -0.277. The van der Waals surface area contributed by atoms with Gasteiger partial charge in [0, 0.05) is 0 Å². The van der Waals surface area contributed by atoms with Gasteiger partial charge >= 0.3 is 5.97 Å². The summed E-state index contributed by atoms with van der Waals surface area (Å²) in [5.74, 6) is -1.10. The van der Waals surface area contributed by atoms with Crippen molar-refractivity contribution in [3.8, 4) is 0 Å². The van der Waals surface area contributed by atoms with Crippen LogP contribution >= 0.6 is 0 Å². The van der Waals surface area contributed by atoms with Gasteiger partial charge in [0.25, 0.3) is 0 Å². The SMILES string of the molecule is CCCCCC=CC=CCCCCCCCC(OO)C(=O)O. The second-order valence-electron chi connectivity index (χ2n) is 5.63. The number of hydrogen-bond acceptors (Lipinski definition) is 3. The summed E-state index contributed by atoms with van der Waals surface area (Å²) in [5, 5.41) is 17.1. The molecule has 1 atom stereocenters. The summed E-state index contributed by atoms with van der Waals surface area (Å²) in [6.07, 6.45) is 19.3. The number of carboxylic acids is 1. The summed E-state index contributed by atoms with van der Waals surface area (Å²) in [4.78, 5) is 14.5. The first kappa shape index (κ1) is 20.9. The Morgan fingerprint density at radius 2 is 1.50 bits per heavy atom. The Morgan fingerprint density at radius 1 is 0.955 bits per heavy atom. The molecule has 0 aromatic carbocycles. The minimum atomic E-state index is -1.10. The molecule has 0 amide bonds. The summed E-state index contributed by atoms with van der Waals surface area (Å²) in [5.41, 5.74) is 0. The van der Waals surface area contributed by atoms with E-state index in [0.29, 0.717) is 6.42 Å². The van der Waals surface area contributed by atoms with Crippen LogP contribution in [-0.2, 0) is 9.68 Å². The van der Waals surface area contributed by atoms with Gasteiger partial charge in [-0.3, -0.25) is 5.26 Å². The molecule has 0 aliphatic rings. The molecule has 4 heteroatoms. The second kappa shape index (κ2) is 16.2. The lowest BCUT2D eigenvalue weighted by Gasteiger charge is -2.07. The zero-order chi connectivity index (χ0) is 16.5. The zero-order valence-corrected chi connectivity index (χ0v) is 13.9. The van der Waals surface area contributed by atoms with Crippen LogP contribution in [0.2, 0.25) is 0 Å². The Kier molecular flexibility index (Phi) is 15.4. The highest BCUT2D eigenvalue weighted by Crippen LogP contribution is 2.10. The molecule has 4 nitrogen and oxygen atoms in total. The van der Waals surface area contributed by atoms with Gasteiger partial charge in [0.1, 0.15) is 0 Å². The standard InChI is InChI=1S/C18H32O4/c1-2-3-4-5-6-7-8-9-10-11-12-13-14-15-16-17(22-21)18(19)20/h6-9,17,21H,2-5,10-16H2,1H3,(H,19,20). The molecule has 1 unspecified atom stereocenters. The van der Waals surface area contributed by atoms with Crippen molar-refractivity contribution in [3.63, 3.8) is 0 Å². The largest absolute Gasteiger partial charge is 0.479 e. The van der Waals surface area contributed by atoms with Crippen molar-refractivity contribution in [2.45, 2.75) is 83.7 Å². The van der Waals surface area contributed by atoms with Crippen molar-refractivity contribution < 1.29 is 20.0 Å². The van der Waals surface area contributed by atoms with E-state index in [9.17, 15) is 4.79 Å². The fourth-order valence-corrected chi connectivity index (χ4v) is 2.21. The first-order valence-corrected chi connectivity index (χ1v) is 8.57. The van der Waals surface area contributed by atoms with Crippen molar-refractivity contribution >= 4 is 5.97 Å². The van der Waals surface area contributed by atoms with E-state index in [0.717, 1.165) is 32.1 Å². The third-order valence-corrected chi connectivity index (χ3v) is 3.60. The smallest absolute Gasteiger partial charge is 0.336 e. The van der Waals surface area contributed by atoms with Gasteiger partial charge in [0.15, 0.2) is 6.10 Å².